The second-order valence-corrected chi connectivity index (χ2v) is 7.59. The summed E-state index contributed by atoms with van der Waals surface area (Å²) in [5, 5.41) is 18.3. The van der Waals surface area contributed by atoms with Crippen molar-refractivity contribution < 1.29 is 37.0 Å². The molecule has 12 heteroatoms. The highest BCUT2D eigenvalue weighted by Crippen LogP contribution is 2.28. The van der Waals surface area contributed by atoms with Gasteiger partial charge in [-0.05, 0) is 42.9 Å². The van der Waals surface area contributed by atoms with E-state index in [2.05, 4.69) is 10.3 Å². The topological polar surface area (TPSA) is 152 Å². The lowest BCUT2D eigenvalue weighted by molar-refractivity contribution is -0.134. The number of nitrogens with zero attached hydrogens (tertiary/aromatic N) is 2. The Morgan fingerprint density at radius 3 is 2.42 bits per heavy atom. The Balaban J connectivity index is 0.000000366. The molecule has 3 heterocycles. The van der Waals surface area contributed by atoms with E-state index in [9.17, 15) is 22.4 Å². The molecule has 0 amide bonds. The average molecular weight is 451 g/mol. The number of pyridine rings is 1. The molecule has 3 aromatic rings. The van der Waals surface area contributed by atoms with E-state index >= 15 is 0 Å². The zero-order chi connectivity index (χ0) is 23.0. The van der Waals surface area contributed by atoms with Gasteiger partial charge in [0.15, 0.2) is 0 Å². The van der Waals surface area contributed by atoms with Gasteiger partial charge in [-0.2, -0.15) is 12.8 Å². The van der Waals surface area contributed by atoms with Crippen LogP contribution in [0.15, 0.2) is 70.7 Å². The lowest BCUT2D eigenvalue weighted by Crippen LogP contribution is -2.13. The molecule has 0 bridgehead atoms. The van der Waals surface area contributed by atoms with Gasteiger partial charge in [-0.3, -0.25) is 0 Å². The number of furan rings is 1. The molecule has 0 atom stereocenters. The van der Waals surface area contributed by atoms with Crippen LogP contribution in [0.25, 0.3) is 11.3 Å². The van der Waals surface area contributed by atoms with Crippen molar-refractivity contribution in [3.05, 3.63) is 72.7 Å². The van der Waals surface area contributed by atoms with Crippen LogP contribution in [0, 0.1) is 5.95 Å². The molecule has 10 nitrogen and oxygen atoms in total. The summed E-state index contributed by atoms with van der Waals surface area (Å²) in [6.07, 6.45) is 5.14. The van der Waals surface area contributed by atoms with Gasteiger partial charge in [0, 0.05) is 31.1 Å². The molecule has 0 radical (unpaired) electrons. The van der Waals surface area contributed by atoms with E-state index in [0.29, 0.717) is 24.3 Å². The smallest absolute Gasteiger partial charge is 0.328 e. The predicted molar refractivity (Wildman–Crippen MR) is 106 cm³/mol. The second-order valence-electron chi connectivity index (χ2n) is 5.85. The number of carboxylic acid groups (broad SMARTS) is 2. The second kappa shape index (κ2) is 10.3. The van der Waals surface area contributed by atoms with Gasteiger partial charge in [0.25, 0.3) is 0 Å². The number of nitrogens with one attached hydrogen (secondary N) is 1. The third kappa shape index (κ3) is 6.10. The zero-order valence-corrected chi connectivity index (χ0v) is 16.9. The summed E-state index contributed by atoms with van der Waals surface area (Å²) in [6, 6.07) is 7.46. The van der Waals surface area contributed by atoms with Crippen LogP contribution in [0.1, 0.15) is 5.56 Å². The van der Waals surface area contributed by atoms with E-state index in [4.69, 9.17) is 14.6 Å². The molecule has 31 heavy (non-hydrogen) atoms. The van der Waals surface area contributed by atoms with Crippen molar-refractivity contribution in [1.82, 2.24) is 14.3 Å². The standard InChI is InChI=1S/C15H14FN3O3S.C4H4O4/c1-17-9-11-8-13(12-4-2-6-18-15(12)16)19(10-11)23(20,21)14-5-3-7-22-14;5-3(6)1-2-4(7)8/h2-8,10,17H,9H2,1H3;1-2H,(H,5,6)(H,7,8)/b;2-1+. The maximum Gasteiger partial charge on any atom is 0.328 e. The van der Waals surface area contributed by atoms with E-state index in [1.165, 1.54) is 36.9 Å². The summed E-state index contributed by atoms with van der Waals surface area (Å²) in [5.74, 6) is -3.25. The van der Waals surface area contributed by atoms with Crippen LogP contribution in [0.2, 0.25) is 0 Å². The predicted octanol–water partition coefficient (Wildman–Crippen LogP) is 1.95. The fourth-order valence-corrected chi connectivity index (χ4v) is 3.73. The Bertz CT molecular complexity index is 1170. The van der Waals surface area contributed by atoms with E-state index in [0.717, 1.165) is 3.97 Å². The van der Waals surface area contributed by atoms with Crippen molar-refractivity contribution in [2.45, 2.75) is 11.6 Å². The van der Waals surface area contributed by atoms with Crippen molar-refractivity contribution in [2.24, 2.45) is 0 Å². The monoisotopic (exact) mass is 451 g/mol. The highest BCUT2D eigenvalue weighted by atomic mass is 32.2. The number of carbonyl (C=O) groups is 2. The molecule has 164 valence electrons. The molecular weight excluding hydrogens is 433 g/mol. The van der Waals surface area contributed by atoms with Gasteiger partial charge >= 0.3 is 22.0 Å². The first-order valence-corrected chi connectivity index (χ1v) is 10.0. The van der Waals surface area contributed by atoms with Gasteiger partial charge in [-0.15, -0.1) is 0 Å². The van der Waals surface area contributed by atoms with Crippen LogP contribution >= 0.6 is 0 Å². The van der Waals surface area contributed by atoms with Crippen LogP contribution in [-0.2, 0) is 26.2 Å². The van der Waals surface area contributed by atoms with Gasteiger partial charge in [0.05, 0.1) is 17.5 Å². The number of aliphatic carboxylic acids is 2. The largest absolute Gasteiger partial charge is 0.478 e. The maximum atomic E-state index is 14.0. The van der Waals surface area contributed by atoms with Crippen LogP contribution < -0.4 is 5.32 Å². The Labute approximate surface area is 176 Å². The van der Waals surface area contributed by atoms with Crippen LogP contribution in [0.5, 0.6) is 0 Å². The molecular formula is C19H18FN3O7S. The molecule has 3 aromatic heterocycles. The fraction of sp³-hybridized carbons (Fsp3) is 0.105. The minimum absolute atomic E-state index is 0.102. The number of hydrogen-bond acceptors (Lipinski definition) is 7. The molecule has 0 unspecified atom stereocenters. The molecule has 3 N–H and O–H groups in total. The number of hydrogen-bond donors (Lipinski definition) is 3. The first-order valence-electron chi connectivity index (χ1n) is 8.56. The van der Waals surface area contributed by atoms with Gasteiger partial charge in [-0.25, -0.2) is 18.5 Å². The van der Waals surface area contributed by atoms with Crippen LogP contribution in [-0.4, -0.2) is 46.6 Å². The zero-order valence-electron chi connectivity index (χ0n) is 16.1. The van der Waals surface area contributed by atoms with Crippen LogP contribution in [0.4, 0.5) is 4.39 Å². The summed E-state index contributed by atoms with van der Waals surface area (Å²) < 4.78 is 45.5. The molecule has 0 aliphatic rings. The normalized spacial score (nSPS) is 11.2. The van der Waals surface area contributed by atoms with E-state index in [-0.39, 0.29) is 16.3 Å². The quantitative estimate of drug-likeness (QED) is 0.361. The SMILES string of the molecule is CNCc1cc(-c2cccnc2F)n(S(=O)(=O)c2ccco2)c1.O=C(O)/C=C/C(=O)O. The van der Waals surface area contributed by atoms with E-state index in [1.54, 1.807) is 19.2 Å². The molecule has 0 saturated heterocycles. The van der Waals surface area contributed by atoms with E-state index in [1.807, 2.05) is 0 Å². The average Bonchev–Trinajstić information content (AvgIpc) is 3.38. The van der Waals surface area contributed by atoms with E-state index < -0.39 is 27.9 Å². The molecule has 0 spiro atoms. The molecule has 0 aliphatic carbocycles. The Kier molecular flexibility index (Phi) is 7.82. The van der Waals surface area contributed by atoms with Crippen molar-refractivity contribution in [1.29, 1.82) is 0 Å². The minimum atomic E-state index is -3.96. The molecule has 0 aromatic carbocycles. The molecule has 0 aliphatic heterocycles. The first kappa shape index (κ1) is 23.5. The third-order valence-electron chi connectivity index (χ3n) is 3.64. The third-order valence-corrected chi connectivity index (χ3v) is 5.20. The van der Waals surface area contributed by atoms with Crippen LogP contribution in [0.3, 0.4) is 0 Å². The number of halogens is 1. The van der Waals surface area contributed by atoms with Crippen molar-refractivity contribution >= 4 is 22.0 Å². The Morgan fingerprint density at radius 1 is 1.23 bits per heavy atom. The van der Waals surface area contributed by atoms with Crippen molar-refractivity contribution in [3.8, 4) is 11.3 Å². The summed E-state index contributed by atoms with van der Waals surface area (Å²) in [7, 11) is -2.22. The number of carboxylic acids is 2. The summed E-state index contributed by atoms with van der Waals surface area (Å²) in [4.78, 5) is 22.7. The van der Waals surface area contributed by atoms with Crippen molar-refractivity contribution in [3.63, 3.8) is 0 Å². The fourth-order valence-electron chi connectivity index (χ4n) is 2.42. The summed E-state index contributed by atoms with van der Waals surface area (Å²) in [6.45, 7) is 0.440. The highest BCUT2D eigenvalue weighted by Gasteiger charge is 2.25. The summed E-state index contributed by atoms with van der Waals surface area (Å²) >= 11 is 0. The molecule has 0 saturated carbocycles. The maximum absolute atomic E-state index is 14.0. The minimum Gasteiger partial charge on any atom is -0.478 e. The molecule has 0 fully saturated rings. The first-order chi connectivity index (χ1) is 14.7. The number of rotatable bonds is 7. The lowest BCUT2D eigenvalue weighted by Gasteiger charge is -2.08. The summed E-state index contributed by atoms with van der Waals surface area (Å²) in [5.41, 5.74) is 0.989. The molecule has 3 rings (SSSR count). The highest BCUT2D eigenvalue weighted by molar-refractivity contribution is 7.89. The Morgan fingerprint density at radius 2 is 1.90 bits per heavy atom. The number of aromatic nitrogens is 2. The van der Waals surface area contributed by atoms with Gasteiger partial charge in [0.1, 0.15) is 0 Å². The van der Waals surface area contributed by atoms with Gasteiger partial charge in [0.2, 0.25) is 11.0 Å². The van der Waals surface area contributed by atoms with Gasteiger partial charge in [-0.1, -0.05) is 0 Å². The van der Waals surface area contributed by atoms with Gasteiger partial charge < -0.3 is 19.9 Å². The van der Waals surface area contributed by atoms with Crippen molar-refractivity contribution in [2.75, 3.05) is 7.05 Å². The lowest BCUT2D eigenvalue weighted by atomic mass is 10.2. The Hall–Kier alpha value is -3.77.